The summed E-state index contributed by atoms with van der Waals surface area (Å²) in [4.78, 5) is 16.4. The van der Waals surface area contributed by atoms with Gasteiger partial charge in [-0.15, -0.1) is 20.4 Å². The van der Waals surface area contributed by atoms with Crippen LogP contribution in [0.3, 0.4) is 0 Å². The van der Waals surface area contributed by atoms with Gasteiger partial charge in [0.05, 0.1) is 5.75 Å². The summed E-state index contributed by atoms with van der Waals surface area (Å²) in [6.07, 6.45) is 2.49. The van der Waals surface area contributed by atoms with Crippen LogP contribution in [0.5, 0.6) is 0 Å². The average Bonchev–Trinajstić information content (AvgIpc) is 3.33. The molecule has 0 aromatic carbocycles. The number of fused-ring (bicyclic) bond motifs is 1. The highest BCUT2D eigenvalue weighted by atomic mass is 32.2. The minimum Gasteiger partial charge on any atom is -0.300 e. The number of hydrogen-bond donors (Lipinski definition) is 1. The first-order chi connectivity index (χ1) is 13.2. The number of hydrogen-bond acceptors (Lipinski definition) is 9. The van der Waals surface area contributed by atoms with Crippen LogP contribution in [0.4, 0.5) is 5.13 Å². The number of anilines is 1. The SMILES string of the molecule is CCc1nnc(NC(=O)CSc2ccc3nnc(-c4ccccn4)n3n2)s1. The van der Waals surface area contributed by atoms with Gasteiger partial charge in [0.25, 0.3) is 0 Å². The van der Waals surface area contributed by atoms with E-state index in [1.807, 2.05) is 37.3 Å². The van der Waals surface area contributed by atoms with Gasteiger partial charge in [-0.1, -0.05) is 36.1 Å². The molecule has 1 N–H and O–H groups in total. The van der Waals surface area contributed by atoms with E-state index in [4.69, 9.17) is 0 Å². The molecular weight excluding hydrogens is 384 g/mol. The number of amides is 1. The summed E-state index contributed by atoms with van der Waals surface area (Å²) < 4.78 is 1.63. The van der Waals surface area contributed by atoms with Gasteiger partial charge in [-0.25, -0.2) is 0 Å². The molecule has 1 amide bonds. The number of carbonyl (C=O) groups excluding carboxylic acids is 1. The lowest BCUT2D eigenvalue weighted by Crippen LogP contribution is -2.14. The van der Waals surface area contributed by atoms with Gasteiger partial charge in [0, 0.05) is 6.20 Å². The Morgan fingerprint density at radius 3 is 2.89 bits per heavy atom. The molecule has 11 heteroatoms. The second-order valence-electron chi connectivity index (χ2n) is 5.37. The maximum Gasteiger partial charge on any atom is 0.236 e. The van der Waals surface area contributed by atoms with E-state index in [1.165, 1.54) is 23.1 Å². The summed E-state index contributed by atoms with van der Waals surface area (Å²) in [5, 5.41) is 25.5. The first kappa shape index (κ1) is 17.5. The summed E-state index contributed by atoms with van der Waals surface area (Å²) in [6, 6.07) is 9.18. The van der Waals surface area contributed by atoms with Crippen molar-refractivity contribution in [3.05, 3.63) is 41.5 Å². The fraction of sp³-hybridized carbons (Fsp3) is 0.188. The van der Waals surface area contributed by atoms with E-state index in [0.29, 0.717) is 27.3 Å². The predicted octanol–water partition coefficient (Wildman–Crippen LogP) is 2.33. The van der Waals surface area contributed by atoms with Gasteiger partial charge >= 0.3 is 0 Å². The molecule has 0 saturated heterocycles. The van der Waals surface area contributed by atoms with Gasteiger partial charge in [-0.3, -0.25) is 15.1 Å². The van der Waals surface area contributed by atoms with Crippen LogP contribution in [0.1, 0.15) is 11.9 Å². The zero-order valence-corrected chi connectivity index (χ0v) is 15.9. The number of rotatable bonds is 6. The normalized spacial score (nSPS) is 11.0. The first-order valence-corrected chi connectivity index (χ1v) is 9.92. The largest absolute Gasteiger partial charge is 0.300 e. The number of carbonyl (C=O) groups is 1. The highest BCUT2D eigenvalue weighted by Crippen LogP contribution is 2.20. The minimum absolute atomic E-state index is 0.158. The van der Waals surface area contributed by atoms with Crippen LogP contribution in [-0.2, 0) is 11.2 Å². The molecule has 9 nitrogen and oxygen atoms in total. The molecule has 0 aliphatic heterocycles. The zero-order valence-electron chi connectivity index (χ0n) is 14.2. The number of nitrogens with zero attached hydrogens (tertiary/aromatic N) is 7. The quantitative estimate of drug-likeness (QED) is 0.493. The van der Waals surface area contributed by atoms with Crippen LogP contribution in [-0.4, -0.2) is 46.7 Å². The Balaban J connectivity index is 1.47. The third-order valence-electron chi connectivity index (χ3n) is 3.50. The molecule has 0 radical (unpaired) electrons. The van der Waals surface area contributed by atoms with Gasteiger partial charge in [-0.2, -0.15) is 9.61 Å². The molecule has 0 aliphatic rings. The van der Waals surface area contributed by atoms with Crippen LogP contribution >= 0.6 is 23.1 Å². The number of thioether (sulfide) groups is 1. The molecule has 0 spiro atoms. The highest BCUT2D eigenvalue weighted by molar-refractivity contribution is 7.99. The Kier molecular flexibility index (Phi) is 5.03. The lowest BCUT2D eigenvalue weighted by molar-refractivity contribution is -0.113. The predicted molar refractivity (Wildman–Crippen MR) is 103 cm³/mol. The number of pyridine rings is 1. The third kappa shape index (κ3) is 3.93. The molecule has 27 heavy (non-hydrogen) atoms. The molecule has 4 aromatic rings. The van der Waals surface area contributed by atoms with Gasteiger partial charge in [0.1, 0.15) is 15.7 Å². The van der Waals surface area contributed by atoms with Gasteiger partial charge < -0.3 is 0 Å². The average molecular weight is 398 g/mol. The molecule has 0 fully saturated rings. The Morgan fingerprint density at radius 2 is 2.11 bits per heavy atom. The maximum absolute atomic E-state index is 12.1. The van der Waals surface area contributed by atoms with E-state index in [9.17, 15) is 4.79 Å². The standard InChI is InChI=1S/C16H14N8OS2/c1-2-13-20-22-16(27-13)18-12(25)9-26-14-7-6-11-19-21-15(24(11)23-14)10-5-3-4-8-17-10/h3-8H,2,9H2,1H3,(H,18,22,25). The Hall–Kier alpha value is -2.92. The molecule has 0 bridgehead atoms. The van der Waals surface area contributed by atoms with Crippen LogP contribution < -0.4 is 5.32 Å². The Morgan fingerprint density at radius 1 is 1.19 bits per heavy atom. The summed E-state index contributed by atoms with van der Waals surface area (Å²) in [5.74, 6) is 0.605. The summed E-state index contributed by atoms with van der Waals surface area (Å²) >= 11 is 2.70. The number of nitrogens with one attached hydrogen (secondary N) is 1. The fourth-order valence-electron chi connectivity index (χ4n) is 2.25. The van der Waals surface area contributed by atoms with Crippen molar-refractivity contribution in [3.63, 3.8) is 0 Å². The van der Waals surface area contributed by atoms with Crippen molar-refractivity contribution < 1.29 is 4.79 Å². The summed E-state index contributed by atoms with van der Waals surface area (Å²) in [5.41, 5.74) is 1.30. The monoisotopic (exact) mass is 398 g/mol. The van der Waals surface area contributed by atoms with Gasteiger partial charge in [0.2, 0.25) is 16.9 Å². The lowest BCUT2D eigenvalue weighted by atomic mass is 10.3. The van der Waals surface area contributed by atoms with E-state index in [0.717, 1.165) is 11.4 Å². The van der Waals surface area contributed by atoms with E-state index < -0.39 is 0 Å². The van der Waals surface area contributed by atoms with Crippen LogP contribution in [0, 0.1) is 0 Å². The molecule has 4 rings (SSSR count). The Labute approximate surface area is 162 Å². The third-order valence-corrected chi connectivity index (χ3v) is 5.40. The fourth-order valence-corrected chi connectivity index (χ4v) is 3.60. The van der Waals surface area contributed by atoms with Crippen molar-refractivity contribution in [3.8, 4) is 11.5 Å². The topological polar surface area (TPSA) is 111 Å². The molecule has 4 heterocycles. The maximum atomic E-state index is 12.1. The smallest absolute Gasteiger partial charge is 0.236 e. The van der Waals surface area contributed by atoms with Crippen molar-refractivity contribution in [1.82, 2.24) is 35.0 Å². The summed E-state index contributed by atoms with van der Waals surface area (Å²) in [6.45, 7) is 1.99. The molecular formula is C16H14N8OS2. The van der Waals surface area contributed by atoms with E-state index in [1.54, 1.807) is 10.7 Å². The second kappa shape index (κ2) is 7.76. The lowest BCUT2D eigenvalue weighted by Gasteiger charge is -2.03. The van der Waals surface area contributed by atoms with Crippen LogP contribution in [0.2, 0.25) is 0 Å². The zero-order chi connectivity index (χ0) is 18.6. The van der Waals surface area contributed by atoms with Crippen molar-refractivity contribution in [2.45, 2.75) is 18.4 Å². The van der Waals surface area contributed by atoms with Crippen molar-refractivity contribution in [2.75, 3.05) is 11.1 Å². The molecule has 136 valence electrons. The van der Waals surface area contributed by atoms with E-state index in [-0.39, 0.29) is 11.7 Å². The van der Waals surface area contributed by atoms with Gasteiger partial charge in [0.15, 0.2) is 5.65 Å². The number of aromatic nitrogens is 7. The second-order valence-corrected chi connectivity index (χ2v) is 7.43. The van der Waals surface area contributed by atoms with E-state index in [2.05, 4.69) is 35.8 Å². The molecule has 0 atom stereocenters. The summed E-state index contributed by atoms with van der Waals surface area (Å²) in [7, 11) is 0. The van der Waals surface area contributed by atoms with Crippen molar-refractivity contribution in [1.29, 1.82) is 0 Å². The first-order valence-electron chi connectivity index (χ1n) is 8.12. The molecule has 0 aliphatic carbocycles. The highest BCUT2D eigenvalue weighted by Gasteiger charge is 2.12. The van der Waals surface area contributed by atoms with Crippen molar-refractivity contribution in [2.24, 2.45) is 0 Å². The van der Waals surface area contributed by atoms with Crippen LogP contribution in [0.25, 0.3) is 17.2 Å². The molecule has 4 aromatic heterocycles. The van der Waals surface area contributed by atoms with E-state index >= 15 is 0 Å². The molecule has 0 saturated carbocycles. The number of aryl methyl sites for hydroxylation is 1. The van der Waals surface area contributed by atoms with Crippen molar-refractivity contribution >= 4 is 39.8 Å². The Bertz CT molecular complexity index is 1080. The van der Waals surface area contributed by atoms with Crippen LogP contribution in [0.15, 0.2) is 41.6 Å². The molecule has 0 unspecified atom stereocenters. The minimum atomic E-state index is -0.158. The van der Waals surface area contributed by atoms with Gasteiger partial charge in [-0.05, 0) is 30.7 Å².